The Bertz CT molecular complexity index is 388. The Morgan fingerprint density at radius 2 is 1.61 bits per heavy atom. The Labute approximate surface area is 111 Å². The summed E-state index contributed by atoms with van der Waals surface area (Å²) >= 11 is 0. The van der Waals surface area contributed by atoms with Crippen molar-refractivity contribution in [3.8, 4) is 0 Å². The summed E-state index contributed by atoms with van der Waals surface area (Å²) in [4.78, 5) is 0. The van der Waals surface area contributed by atoms with Gasteiger partial charge in [-0.3, -0.25) is 4.68 Å². The smallest absolute Gasteiger partial charge is 0.0427 e. The Hall–Kier alpha value is -0.920. The zero-order chi connectivity index (χ0) is 12.5. The highest BCUT2D eigenvalue weighted by molar-refractivity contribution is 5.16. The summed E-state index contributed by atoms with van der Waals surface area (Å²) in [6, 6.07) is 5.09. The van der Waals surface area contributed by atoms with Gasteiger partial charge in [0.05, 0.1) is 0 Å². The van der Waals surface area contributed by atoms with Gasteiger partial charge in [-0.15, -0.1) is 0 Å². The zero-order valence-corrected chi connectivity index (χ0v) is 11.8. The lowest BCUT2D eigenvalue weighted by Gasteiger charge is -2.40. The van der Waals surface area contributed by atoms with Gasteiger partial charge in [-0.1, -0.05) is 25.7 Å². The molecule has 2 nitrogen and oxygen atoms in total. The van der Waals surface area contributed by atoms with Gasteiger partial charge >= 0.3 is 0 Å². The highest BCUT2D eigenvalue weighted by Gasteiger charge is 2.32. The standard InChI is InChI=1S/C16H26N2/c1-12-7-8-13(2)18(12)17-16-10-9-14-5-3-4-6-15(14)11-16/h7-8,14-17H,3-6,9-11H2,1-2H3. The summed E-state index contributed by atoms with van der Waals surface area (Å²) in [6.45, 7) is 4.37. The second kappa shape index (κ2) is 4.99. The first kappa shape index (κ1) is 12.1. The van der Waals surface area contributed by atoms with Crippen molar-refractivity contribution in [2.45, 2.75) is 64.8 Å². The number of aryl methyl sites for hydroxylation is 2. The molecule has 2 heteroatoms. The number of hydrogen-bond acceptors (Lipinski definition) is 1. The van der Waals surface area contributed by atoms with Crippen molar-refractivity contribution in [3.63, 3.8) is 0 Å². The van der Waals surface area contributed by atoms with E-state index >= 15 is 0 Å². The Balaban J connectivity index is 1.64. The summed E-state index contributed by atoms with van der Waals surface area (Å²) in [5.41, 5.74) is 6.41. The van der Waals surface area contributed by atoms with E-state index in [4.69, 9.17) is 0 Å². The van der Waals surface area contributed by atoms with Crippen molar-refractivity contribution < 1.29 is 0 Å². The molecule has 2 fully saturated rings. The first-order valence-electron chi connectivity index (χ1n) is 7.65. The monoisotopic (exact) mass is 246 g/mol. The van der Waals surface area contributed by atoms with Crippen LogP contribution in [-0.2, 0) is 0 Å². The maximum atomic E-state index is 3.75. The Morgan fingerprint density at radius 3 is 2.33 bits per heavy atom. The second-order valence-electron chi connectivity index (χ2n) is 6.40. The third-order valence-electron chi connectivity index (χ3n) is 5.12. The highest BCUT2D eigenvalue weighted by Crippen LogP contribution is 2.40. The molecule has 0 radical (unpaired) electrons. The molecule has 0 amide bonds. The molecule has 1 aromatic heterocycles. The van der Waals surface area contributed by atoms with Crippen molar-refractivity contribution >= 4 is 0 Å². The molecule has 0 saturated heterocycles. The van der Waals surface area contributed by atoms with Crippen LogP contribution in [0.5, 0.6) is 0 Å². The normalized spacial score (nSPS) is 32.0. The maximum Gasteiger partial charge on any atom is 0.0427 e. The van der Waals surface area contributed by atoms with E-state index in [-0.39, 0.29) is 0 Å². The van der Waals surface area contributed by atoms with Crippen molar-refractivity contribution in [2.75, 3.05) is 5.43 Å². The molecule has 2 saturated carbocycles. The molecular formula is C16H26N2. The maximum absolute atomic E-state index is 3.75. The van der Waals surface area contributed by atoms with E-state index in [1.807, 2.05) is 0 Å². The predicted molar refractivity (Wildman–Crippen MR) is 76.4 cm³/mol. The number of hydrogen-bond donors (Lipinski definition) is 1. The van der Waals surface area contributed by atoms with Crippen LogP contribution < -0.4 is 5.43 Å². The van der Waals surface area contributed by atoms with E-state index in [0.717, 1.165) is 11.8 Å². The van der Waals surface area contributed by atoms with Crippen molar-refractivity contribution in [1.29, 1.82) is 0 Å². The first-order valence-corrected chi connectivity index (χ1v) is 7.65. The first-order chi connectivity index (χ1) is 8.74. The molecule has 0 aliphatic heterocycles. The van der Waals surface area contributed by atoms with Crippen LogP contribution in [0.2, 0.25) is 0 Å². The van der Waals surface area contributed by atoms with E-state index in [1.165, 1.54) is 56.3 Å². The van der Waals surface area contributed by atoms with Gasteiger partial charge in [0.2, 0.25) is 0 Å². The van der Waals surface area contributed by atoms with Crippen molar-refractivity contribution in [2.24, 2.45) is 11.8 Å². The van der Waals surface area contributed by atoms with Gasteiger partial charge in [0.1, 0.15) is 0 Å². The van der Waals surface area contributed by atoms with Crippen LogP contribution >= 0.6 is 0 Å². The minimum absolute atomic E-state index is 0.689. The largest absolute Gasteiger partial charge is 0.323 e. The molecule has 2 aliphatic carbocycles. The number of aromatic nitrogens is 1. The average molecular weight is 246 g/mol. The minimum atomic E-state index is 0.689. The van der Waals surface area contributed by atoms with Gasteiger partial charge in [0.25, 0.3) is 0 Å². The van der Waals surface area contributed by atoms with Gasteiger partial charge in [-0.25, -0.2) is 0 Å². The molecule has 3 unspecified atom stereocenters. The molecule has 2 aliphatic rings. The summed E-state index contributed by atoms with van der Waals surface area (Å²) in [5.74, 6) is 2.05. The highest BCUT2D eigenvalue weighted by atomic mass is 15.4. The molecule has 1 aromatic rings. The molecular weight excluding hydrogens is 220 g/mol. The van der Waals surface area contributed by atoms with E-state index < -0.39 is 0 Å². The molecule has 0 spiro atoms. The molecule has 1 N–H and O–H groups in total. The van der Waals surface area contributed by atoms with Crippen LogP contribution in [0.4, 0.5) is 0 Å². The van der Waals surface area contributed by atoms with E-state index in [1.54, 1.807) is 0 Å². The number of rotatable bonds is 2. The molecule has 0 bridgehead atoms. The van der Waals surface area contributed by atoms with Gasteiger partial charge < -0.3 is 5.43 Å². The average Bonchev–Trinajstić information content (AvgIpc) is 2.70. The Morgan fingerprint density at radius 1 is 0.944 bits per heavy atom. The lowest BCUT2D eigenvalue weighted by Crippen LogP contribution is -2.38. The van der Waals surface area contributed by atoms with Gasteiger partial charge in [-0.05, 0) is 57.1 Å². The van der Waals surface area contributed by atoms with Crippen molar-refractivity contribution in [1.82, 2.24) is 4.68 Å². The van der Waals surface area contributed by atoms with E-state index in [0.29, 0.717) is 6.04 Å². The Kier molecular flexibility index (Phi) is 3.36. The predicted octanol–water partition coefficient (Wildman–Crippen LogP) is 4.01. The molecule has 100 valence electrons. The van der Waals surface area contributed by atoms with Gasteiger partial charge in [0.15, 0.2) is 0 Å². The fourth-order valence-electron chi connectivity index (χ4n) is 4.05. The van der Waals surface area contributed by atoms with Crippen molar-refractivity contribution in [3.05, 3.63) is 23.5 Å². The second-order valence-corrected chi connectivity index (χ2v) is 6.40. The minimum Gasteiger partial charge on any atom is -0.323 e. The SMILES string of the molecule is Cc1ccc(C)n1NC1CCC2CCCCC2C1. The number of fused-ring (bicyclic) bond motifs is 1. The third kappa shape index (κ3) is 2.30. The fraction of sp³-hybridized carbons (Fsp3) is 0.750. The molecule has 3 rings (SSSR count). The number of nitrogens with zero attached hydrogens (tertiary/aromatic N) is 1. The van der Waals surface area contributed by atoms with Crippen LogP contribution in [0.15, 0.2) is 12.1 Å². The summed E-state index contributed by atoms with van der Waals surface area (Å²) in [7, 11) is 0. The van der Waals surface area contributed by atoms with E-state index in [9.17, 15) is 0 Å². The third-order valence-corrected chi connectivity index (χ3v) is 5.12. The van der Waals surface area contributed by atoms with Crippen LogP contribution in [-0.4, -0.2) is 10.7 Å². The van der Waals surface area contributed by atoms with Gasteiger partial charge in [0, 0.05) is 17.4 Å². The molecule has 1 heterocycles. The molecule has 18 heavy (non-hydrogen) atoms. The van der Waals surface area contributed by atoms with Crippen LogP contribution in [0.25, 0.3) is 0 Å². The summed E-state index contributed by atoms with van der Waals surface area (Å²) in [5, 5.41) is 0. The summed E-state index contributed by atoms with van der Waals surface area (Å²) < 4.78 is 2.29. The lowest BCUT2D eigenvalue weighted by atomic mass is 9.69. The zero-order valence-electron chi connectivity index (χ0n) is 11.8. The lowest BCUT2D eigenvalue weighted by molar-refractivity contribution is 0.158. The van der Waals surface area contributed by atoms with E-state index in [2.05, 4.69) is 36.1 Å². The quantitative estimate of drug-likeness (QED) is 0.834. The van der Waals surface area contributed by atoms with Crippen LogP contribution in [0.3, 0.4) is 0 Å². The fourth-order valence-corrected chi connectivity index (χ4v) is 4.05. The molecule has 3 atom stereocenters. The molecule has 0 aromatic carbocycles. The van der Waals surface area contributed by atoms with Gasteiger partial charge in [-0.2, -0.15) is 0 Å². The van der Waals surface area contributed by atoms with Crippen LogP contribution in [0.1, 0.15) is 56.3 Å². The topological polar surface area (TPSA) is 17.0 Å². The van der Waals surface area contributed by atoms with Crippen LogP contribution in [0, 0.1) is 25.7 Å². The number of nitrogens with one attached hydrogen (secondary N) is 1. The summed E-state index contributed by atoms with van der Waals surface area (Å²) in [6.07, 6.45) is 10.1.